The molecule has 2 nitrogen and oxygen atoms in total. The highest BCUT2D eigenvalue weighted by Gasteiger charge is 2.18. The van der Waals surface area contributed by atoms with Gasteiger partial charge in [0, 0.05) is 30.8 Å². The van der Waals surface area contributed by atoms with Crippen LogP contribution in [0.3, 0.4) is 0 Å². The Kier molecular flexibility index (Phi) is 3.68. The molecule has 0 amide bonds. The number of nitrogens with zero attached hydrogens (tertiary/aromatic N) is 1. The molecule has 1 N–H and O–H groups in total. The lowest BCUT2D eigenvalue weighted by atomic mass is 9.91. The molecule has 1 aromatic heterocycles. The molecular formula is C21H20N2. The molecule has 0 aliphatic carbocycles. The van der Waals surface area contributed by atoms with Crippen LogP contribution in [0.5, 0.6) is 0 Å². The van der Waals surface area contributed by atoms with Crippen molar-refractivity contribution in [1.82, 2.24) is 10.3 Å². The molecule has 0 saturated heterocycles. The molecule has 3 aromatic rings. The zero-order chi connectivity index (χ0) is 15.6. The van der Waals surface area contributed by atoms with E-state index in [-0.39, 0.29) is 0 Å². The van der Waals surface area contributed by atoms with E-state index in [0.29, 0.717) is 0 Å². The van der Waals surface area contributed by atoms with E-state index in [9.17, 15) is 0 Å². The van der Waals surface area contributed by atoms with Crippen molar-refractivity contribution in [1.29, 1.82) is 0 Å². The van der Waals surface area contributed by atoms with E-state index in [2.05, 4.69) is 66.8 Å². The summed E-state index contributed by atoms with van der Waals surface area (Å²) >= 11 is 0. The Balaban J connectivity index is 1.95. The molecule has 114 valence electrons. The van der Waals surface area contributed by atoms with Crippen LogP contribution in [-0.4, -0.2) is 11.5 Å². The van der Waals surface area contributed by atoms with Crippen LogP contribution in [0.15, 0.2) is 60.7 Å². The third-order valence-corrected chi connectivity index (χ3v) is 4.56. The van der Waals surface area contributed by atoms with Crippen molar-refractivity contribution in [3.8, 4) is 22.4 Å². The Morgan fingerprint density at radius 2 is 1.70 bits per heavy atom. The van der Waals surface area contributed by atoms with Gasteiger partial charge in [0.2, 0.25) is 0 Å². The highest BCUT2D eigenvalue weighted by molar-refractivity contribution is 5.76. The smallest absolute Gasteiger partial charge is 0.0711 e. The third-order valence-electron chi connectivity index (χ3n) is 4.56. The Morgan fingerprint density at radius 1 is 0.913 bits per heavy atom. The van der Waals surface area contributed by atoms with Gasteiger partial charge in [-0.25, -0.2) is 0 Å². The van der Waals surface area contributed by atoms with Crippen molar-refractivity contribution in [3.63, 3.8) is 0 Å². The Hall–Kier alpha value is -2.45. The minimum Gasteiger partial charge on any atom is -0.312 e. The number of aryl methyl sites for hydroxylation is 1. The largest absolute Gasteiger partial charge is 0.312 e. The molecule has 0 radical (unpaired) electrons. The monoisotopic (exact) mass is 300 g/mol. The molecule has 23 heavy (non-hydrogen) atoms. The zero-order valence-electron chi connectivity index (χ0n) is 13.3. The number of fused-ring (bicyclic) bond motifs is 1. The molecule has 0 spiro atoms. The molecule has 0 unspecified atom stereocenters. The lowest BCUT2D eigenvalue weighted by Crippen LogP contribution is -2.25. The van der Waals surface area contributed by atoms with Crippen molar-refractivity contribution >= 4 is 0 Å². The van der Waals surface area contributed by atoms with Crippen LogP contribution < -0.4 is 5.32 Å². The van der Waals surface area contributed by atoms with E-state index >= 15 is 0 Å². The first-order valence-corrected chi connectivity index (χ1v) is 8.18. The summed E-state index contributed by atoms with van der Waals surface area (Å²) in [7, 11) is 0. The van der Waals surface area contributed by atoms with Gasteiger partial charge in [-0.1, -0.05) is 54.6 Å². The number of benzene rings is 2. The molecule has 1 aliphatic rings. The van der Waals surface area contributed by atoms with E-state index in [1.165, 1.54) is 33.5 Å². The lowest BCUT2D eigenvalue weighted by molar-refractivity contribution is 0.632. The summed E-state index contributed by atoms with van der Waals surface area (Å²) < 4.78 is 0. The fourth-order valence-corrected chi connectivity index (χ4v) is 3.32. The second-order valence-electron chi connectivity index (χ2n) is 6.09. The first kappa shape index (κ1) is 14.2. The number of hydrogen-bond acceptors (Lipinski definition) is 2. The van der Waals surface area contributed by atoms with Crippen LogP contribution in [0.1, 0.15) is 16.8 Å². The van der Waals surface area contributed by atoms with Crippen LogP contribution in [0.25, 0.3) is 22.4 Å². The van der Waals surface area contributed by atoms with E-state index in [1.54, 1.807) is 0 Å². The Labute approximate surface area is 137 Å². The van der Waals surface area contributed by atoms with Gasteiger partial charge in [0.25, 0.3) is 0 Å². The minimum atomic E-state index is 0.904. The van der Waals surface area contributed by atoms with Crippen LogP contribution in [0.2, 0.25) is 0 Å². The molecule has 2 aromatic carbocycles. The van der Waals surface area contributed by atoms with Gasteiger partial charge in [-0.15, -0.1) is 0 Å². The Bertz CT molecular complexity index is 838. The second-order valence-corrected chi connectivity index (χ2v) is 6.09. The van der Waals surface area contributed by atoms with Gasteiger partial charge in [0.05, 0.1) is 5.69 Å². The maximum atomic E-state index is 4.96. The summed E-state index contributed by atoms with van der Waals surface area (Å²) in [4.78, 5) is 4.96. The van der Waals surface area contributed by atoms with Crippen LogP contribution in [-0.2, 0) is 13.0 Å². The summed E-state index contributed by atoms with van der Waals surface area (Å²) in [5.41, 5.74) is 8.79. The maximum Gasteiger partial charge on any atom is 0.0711 e. The summed E-state index contributed by atoms with van der Waals surface area (Å²) in [6, 6.07) is 21.3. The molecular weight excluding hydrogens is 280 g/mol. The van der Waals surface area contributed by atoms with Gasteiger partial charge in [0.1, 0.15) is 0 Å². The predicted molar refractivity (Wildman–Crippen MR) is 95.3 cm³/mol. The van der Waals surface area contributed by atoms with Crippen LogP contribution in [0, 0.1) is 6.92 Å². The lowest BCUT2D eigenvalue weighted by Gasteiger charge is -2.22. The number of rotatable bonds is 2. The molecule has 4 rings (SSSR count). The molecule has 0 atom stereocenters. The predicted octanol–water partition coefficient (Wildman–Crippen LogP) is 4.37. The highest BCUT2D eigenvalue weighted by atomic mass is 14.9. The molecule has 0 bridgehead atoms. The molecule has 0 saturated carbocycles. The SMILES string of the molecule is Cc1ccccc1-c1cc(-c2ccccc2)nc2c1CNCC2. The number of pyridine rings is 1. The number of hydrogen-bond donors (Lipinski definition) is 1. The van der Waals surface area contributed by atoms with Crippen molar-refractivity contribution < 1.29 is 0 Å². The molecule has 2 heteroatoms. The van der Waals surface area contributed by atoms with Gasteiger partial charge in [-0.2, -0.15) is 0 Å². The minimum absolute atomic E-state index is 0.904. The highest BCUT2D eigenvalue weighted by Crippen LogP contribution is 2.33. The van der Waals surface area contributed by atoms with Crippen molar-refractivity contribution in [2.75, 3.05) is 6.54 Å². The summed E-state index contributed by atoms with van der Waals surface area (Å²) in [6.45, 7) is 4.09. The molecule has 0 fully saturated rings. The van der Waals surface area contributed by atoms with Crippen molar-refractivity contribution in [2.24, 2.45) is 0 Å². The van der Waals surface area contributed by atoms with E-state index in [0.717, 1.165) is 25.2 Å². The topological polar surface area (TPSA) is 24.9 Å². The maximum absolute atomic E-state index is 4.96. The normalized spacial score (nSPS) is 13.6. The number of aromatic nitrogens is 1. The molecule has 1 aliphatic heterocycles. The van der Waals surface area contributed by atoms with Crippen LogP contribution in [0.4, 0.5) is 0 Å². The summed E-state index contributed by atoms with van der Waals surface area (Å²) in [6.07, 6.45) is 0.995. The molecule has 2 heterocycles. The van der Waals surface area contributed by atoms with Crippen molar-refractivity contribution in [3.05, 3.63) is 77.5 Å². The van der Waals surface area contributed by atoms with E-state index in [4.69, 9.17) is 4.98 Å². The first-order chi connectivity index (χ1) is 11.3. The van der Waals surface area contributed by atoms with Crippen molar-refractivity contribution in [2.45, 2.75) is 19.9 Å². The Morgan fingerprint density at radius 3 is 2.52 bits per heavy atom. The van der Waals surface area contributed by atoms with E-state index < -0.39 is 0 Å². The summed E-state index contributed by atoms with van der Waals surface area (Å²) in [5.74, 6) is 0. The average molecular weight is 300 g/mol. The van der Waals surface area contributed by atoms with Gasteiger partial charge >= 0.3 is 0 Å². The average Bonchev–Trinajstić information content (AvgIpc) is 2.62. The van der Waals surface area contributed by atoms with Gasteiger partial charge in [0.15, 0.2) is 0 Å². The van der Waals surface area contributed by atoms with Crippen LogP contribution >= 0.6 is 0 Å². The second kappa shape index (κ2) is 5.98. The zero-order valence-corrected chi connectivity index (χ0v) is 13.3. The fraction of sp³-hybridized carbons (Fsp3) is 0.190. The first-order valence-electron chi connectivity index (χ1n) is 8.18. The van der Waals surface area contributed by atoms with Gasteiger partial charge < -0.3 is 5.32 Å². The summed E-state index contributed by atoms with van der Waals surface area (Å²) in [5, 5.41) is 3.49. The third kappa shape index (κ3) is 2.66. The number of nitrogens with one attached hydrogen (secondary N) is 1. The fourth-order valence-electron chi connectivity index (χ4n) is 3.32. The van der Waals surface area contributed by atoms with Gasteiger partial charge in [-0.05, 0) is 35.2 Å². The van der Waals surface area contributed by atoms with E-state index in [1.807, 2.05) is 6.07 Å². The quantitative estimate of drug-likeness (QED) is 0.760. The van der Waals surface area contributed by atoms with Gasteiger partial charge in [-0.3, -0.25) is 4.98 Å². The standard InChI is InChI=1S/C21H20N2/c1-15-7-5-6-10-17(15)18-13-21(16-8-3-2-4-9-16)23-20-11-12-22-14-19(18)20/h2-10,13,22H,11-12,14H2,1H3.